The number of rotatable bonds is 5. The van der Waals surface area contributed by atoms with E-state index in [-0.39, 0.29) is 10.0 Å². The fraction of sp³-hybridized carbons (Fsp3) is 0.462. The number of carbonyl (C=O) groups is 1. The molecule has 0 N–H and O–H groups in total. The Labute approximate surface area is 123 Å². The van der Waals surface area contributed by atoms with Gasteiger partial charge in [0.05, 0.1) is 11.1 Å². The van der Waals surface area contributed by atoms with Crippen LogP contribution in [-0.4, -0.2) is 38.1 Å². The average Bonchev–Trinajstić information content (AvgIpc) is 2.37. The fourth-order valence-corrected chi connectivity index (χ4v) is 2.05. The molecule has 20 heavy (non-hydrogen) atoms. The van der Waals surface area contributed by atoms with Crippen LogP contribution in [0.3, 0.4) is 0 Å². The molecule has 0 unspecified atom stereocenters. The molecule has 0 aromatic heterocycles. The van der Waals surface area contributed by atoms with E-state index in [2.05, 4.69) is 15.9 Å². The first-order valence-corrected chi connectivity index (χ1v) is 6.68. The minimum atomic E-state index is -4.57. The Kier molecular flexibility index (Phi) is 6.01. The largest absolute Gasteiger partial charge is 0.417 e. The number of halogens is 4. The third-order valence-corrected chi connectivity index (χ3v) is 3.20. The van der Waals surface area contributed by atoms with E-state index in [9.17, 15) is 18.0 Å². The van der Waals surface area contributed by atoms with Gasteiger partial charge in [-0.1, -0.05) is 15.9 Å². The van der Waals surface area contributed by atoms with Crippen molar-refractivity contribution in [3.8, 4) is 0 Å². The Morgan fingerprint density at radius 3 is 2.60 bits per heavy atom. The number of nitrogens with zero attached hydrogens (tertiary/aromatic N) is 1. The predicted molar refractivity (Wildman–Crippen MR) is 72.6 cm³/mol. The van der Waals surface area contributed by atoms with Gasteiger partial charge in [0.2, 0.25) is 0 Å². The molecule has 0 aliphatic carbocycles. The molecule has 0 radical (unpaired) electrons. The molecule has 0 saturated carbocycles. The number of carbonyl (C=O) groups excluding carboxylic acids is 1. The summed E-state index contributed by atoms with van der Waals surface area (Å²) in [6.45, 7) is 0.782. The number of alkyl halides is 3. The van der Waals surface area contributed by atoms with Crippen LogP contribution < -0.4 is 0 Å². The normalized spacial score (nSPS) is 11.5. The van der Waals surface area contributed by atoms with E-state index in [0.29, 0.717) is 19.6 Å². The highest BCUT2D eigenvalue weighted by molar-refractivity contribution is 9.10. The smallest absolute Gasteiger partial charge is 0.385 e. The van der Waals surface area contributed by atoms with Gasteiger partial charge in [-0.2, -0.15) is 13.2 Å². The van der Waals surface area contributed by atoms with Crippen LogP contribution in [0, 0.1) is 0 Å². The van der Waals surface area contributed by atoms with Gasteiger partial charge in [-0.25, -0.2) is 0 Å². The van der Waals surface area contributed by atoms with Crippen molar-refractivity contribution < 1.29 is 22.7 Å². The number of hydrogen-bond donors (Lipinski definition) is 0. The highest BCUT2D eigenvalue weighted by atomic mass is 79.9. The summed E-state index contributed by atoms with van der Waals surface area (Å²) in [6.07, 6.45) is -4.00. The van der Waals surface area contributed by atoms with Crippen molar-refractivity contribution in [2.24, 2.45) is 0 Å². The molecule has 0 aliphatic rings. The van der Waals surface area contributed by atoms with Crippen molar-refractivity contribution in [3.05, 3.63) is 33.8 Å². The fourth-order valence-electron chi connectivity index (χ4n) is 1.69. The second-order valence-corrected chi connectivity index (χ2v) is 5.18. The standard InChI is InChI=1S/C13H15BrF3NO2/c1-18(6-3-7-20-2)12(19)10-5-4-9(14)8-11(10)13(15,16)17/h4-5,8H,3,6-7H2,1-2H3. The SMILES string of the molecule is COCCCN(C)C(=O)c1ccc(Br)cc1C(F)(F)F. The molecule has 0 saturated heterocycles. The number of benzene rings is 1. The second-order valence-electron chi connectivity index (χ2n) is 4.26. The molecule has 3 nitrogen and oxygen atoms in total. The molecule has 7 heteroatoms. The molecule has 1 amide bonds. The van der Waals surface area contributed by atoms with Crippen molar-refractivity contribution in [1.29, 1.82) is 0 Å². The van der Waals surface area contributed by atoms with Crippen LogP contribution in [0.15, 0.2) is 22.7 Å². The number of amides is 1. The molecule has 1 aromatic carbocycles. The zero-order chi connectivity index (χ0) is 15.3. The Bertz CT molecular complexity index is 477. The van der Waals surface area contributed by atoms with E-state index >= 15 is 0 Å². The first-order valence-electron chi connectivity index (χ1n) is 5.88. The molecule has 0 atom stereocenters. The predicted octanol–water partition coefficient (Wildman–Crippen LogP) is 3.58. The third-order valence-electron chi connectivity index (χ3n) is 2.71. The van der Waals surface area contributed by atoms with E-state index in [4.69, 9.17) is 4.74 Å². The van der Waals surface area contributed by atoms with Gasteiger partial charge in [0.25, 0.3) is 5.91 Å². The lowest BCUT2D eigenvalue weighted by Gasteiger charge is -2.20. The number of hydrogen-bond acceptors (Lipinski definition) is 2. The van der Waals surface area contributed by atoms with Gasteiger partial charge in [-0.05, 0) is 24.6 Å². The van der Waals surface area contributed by atoms with Crippen molar-refractivity contribution in [1.82, 2.24) is 4.90 Å². The lowest BCUT2D eigenvalue weighted by atomic mass is 10.1. The van der Waals surface area contributed by atoms with Crippen LogP contribution in [0.2, 0.25) is 0 Å². The van der Waals surface area contributed by atoms with Gasteiger partial charge in [0, 0.05) is 31.8 Å². The summed E-state index contributed by atoms with van der Waals surface area (Å²) < 4.78 is 44.0. The molecule has 1 aromatic rings. The summed E-state index contributed by atoms with van der Waals surface area (Å²) in [6, 6.07) is 3.52. The monoisotopic (exact) mass is 353 g/mol. The van der Waals surface area contributed by atoms with Crippen LogP contribution in [0.25, 0.3) is 0 Å². The molecule has 0 spiro atoms. The maximum atomic E-state index is 12.9. The maximum absolute atomic E-state index is 12.9. The van der Waals surface area contributed by atoms with E-state index in [1.165, 1.54) is 31.2 Å². The van der Waals surface area contributed by atoms with Crippen molar-refractivity contribution in [2.75, 3.05) is 27.3 Å². The first-order chi connectivity index (χ1) is 9.27. The van der Waals surface area contributed by atoms with Gasteiger partial charge in [-0.15, -0.1) is 0 Å². The van der Waals surface area contributed by atoms with Crippen LogP contribution in [0.4, 0.5) is 13.2 Å². The molecular weight excluding hydrogens is 339 g/mol. The van der Waals surface area contributed by atoms with Gasteiger partial charge in [0.1, 0.15) is 0 Å². The van der Waals surface area contributed by atoms with Gasteiger partial charge in [-0.3, -0.25) is 4.79 Å². The van der Waals surface area contributed by atoms with Crippen molar-refractivity contribution >= 4 is 21.8 Å². The summed E-state index contributed by atoms with van der Waals surface area (Å²) >= 11 is 2.98. The summed E-state index contributed by atoms with van der Waals surface area (Å²) in [5.74, 6) is -0.652. The van der Waals surface area contributed by atoms with Gasteiger partial charge >= 0.3 is 6.18 Å². The lowest BCUT2D eigenvalue weighted by molar-refractivity contribution is -0.138. The minimum absolute atomic E-state index is 0.281. The average molecular weight is 354 g/mol. The molecule has 112 valence electrons. The summed E-state index contributed by atoms with van der Waals surface area (Å²) in [7, 11) is 3.00. The van der Waals surface area contributed by atoms with Crippen molar-refractivity contribution in [3.63, 3.8) is 0 Å². The number of ether oxygens (including phenoxy) is 1. The Morgan fingerprint density at radius 2 is 2.05 bits per heavy atom. The van der Waals surface area contributed by atoms with Gasteiger partial charge < -0.3 is 9.64 Å². The van der Waals surface area contributed by atoms with E-state index in [1.807, 2.05) is 0 Å². The zero-order valence-corrected chi connectivity index (χ0v) is 12.7. The highest BCUT2D eigenvalue weighted by Gasteiger charge is 2.36. The van der Waals surface area contributed by atoms with Crippen LogP contribution in [0.1, 0.15) is 22.3 Å². The molecule has 0 heterocycles. The number of methoxy groups -OCH3 is 1. The molecule has 0 aliphatic heterocycles. The van der Waals surface area contributed by atoms with Crippen LogP contribution >= 0.6 is 15.9 Å². The Morgan fingerprint density at radius 1 is 1.40 bits per heavy atom. The van der Waals surface area contributed by atoms with Crippen molar-refractivity contribution in [2.45, 2.75) is 12.6 Å². The van der Waals surface area contributed by atoms with Crippen LogP contribution in [-0.2, 0) is 10.9 Å². The Balaban J connectivity index is 2.98. The van der Waals surface area contributed by atoms with Crippen LogP contribution in [0.5, 0.6) is 0 Å². The lowest BCUT2D eigenvalue weighted by Crippen LogP contribution is -2.30. The molecule has 1 rings (SSSR count). The third kappa shape index (κ3) is 4.49. The summed E-state index contributed by atoms with van der Waals surface area (Å²) in [5, 5.41) is 0. The zero-order valence-electron chi connectivity index (χ0n) is 11.1. The minimum Gasteiger partial charge on any atom is -0.385 e. The quantitative estimate of drug-likeness (QED) is 0.757. The molecule has 0 bridgehead atoms. The molecular formula is C13H15BrF3NO2. The Hall–Kier alpha value is -1.08. The highest BCUT2D eigenvalue weighted by Crippen LogP contribution is 2.34. The van der Waals surface area contributed by atoms with E-state index < -0.39 is 17.6 Å². The summed E-state index contributed by atoms with van der Waals surface area (Å²) in [4.78, 5) is 13.3. The maximum Gasteiger partial charge on any atom is 0.417 e. The first kappa shape index (κ1) is 17.0. The summed E-state index contributed by atoms with van der Waals surface area (Å²) in [5.41, 5.74) is -1.28. The second kappa shape index (κ2) is 7.08. The topological polar surface area (TPSA) is 29.5 Å². The van der Waals surface area contributed by atoms with E-state index in [1.54, 1.807) is 0 Å². The van der Waals surface area contributed by atoms with E-state index in [0.717, 1.165) is 6.07 Å². The van der Waals surface area contributed by atoms with Gasteiger partial charge in [0.15, 0.2) is 0 Å². The molecule has 0 fully saturated rings.